The Kier molecular flexibility index (Phi) is 8.92. The molecule has 28 heavy (non-hydrogen) atoms. The molecule has 0 radical (unpaired) electrons. The Labute approximate surface area is 169 Å². The van der Waals surface area contributed by atoms with Gasteiger partial charge in [-0.2, -0.15) is 0 Å². The Morgan fingerprint density at radius 1 is 0.893 bits per heavy atom. The van der Waals surface area contributed by atoms with Crippen molar-refractivity contribution in [3.8, 4) is 29.1 Å². The van der Waals surface area contributed by atoms with Crippen molar-refractivity contribution in [2.75, 3.05) is 32.8 Å². The smallest absolute Gasteiger partial charge is 0.161 e. The number of aliphatic hydroxyl groups excluding tert-OH is 3. The van der Waals surface area contributed by atoms with Crippen LogP contribution >= 0.6 is 11.6 Å². The molecule has 2 rings (SSSR count). The van der Waals surface area contributed by atoms with Crippen LogP contribution in [0.2, 0.25) is 0 Å². The van der Waals surface area contributed by atoms with E-state index in [4.69, 9.17) is 30.9 Å². The van der Waals surface area contributed by atoms with E-state index in [0.717, 1.165) is 11.1 Å². The number of hydrogen-bond acceptors (Lipinski definition) is 6. The van der Waals surface area contributed by atoms with Crippen LogP contribution in [0.25, 0.3) is 0 Å². The molecule has 6 nitrogen and oxygen atoms in total. The second kappa shape index (κ2) is 11.4. The van der Waals surface area contributed by atoms with Crippen molar-refractivity contribution in [3.63, 3.8) is 0 Å². The normalized spacial score (nSPS) is 12.5. The number of halogens is 1. The summed E-state index contributed by atoms with van der Waals surface area (Å²) in [7, 11) is 1.53. The van der Waals surface area contributed by atoms with Crippen LogP contribution in [0.1, 0.15) is 11.1 Å². The number of aliphatic hydroxyl groups is 3. The van der Waals surface area contributed by atoms with Crippen LogP contribution in [0.3, 0.4) is 0 Å². The maximum absolute atomic E-state index is 9.49. The zero-order chi connectivity index (χ0) is 20.4. The summed E-state index contributed by atoms with van der Waals surface area (Å²) >= 11 is 5.56. The van der Waals surface area contributed by atoms with Crippen molar-refractivity contribution in [1.29, 1.82) is 0 Å². The van der Waals surface area contributed by atoms with Crippen LogP contribution < -0.4 is 14.2 Å². The van der Waals surface area contributed by atoms with Gasteiger partial charge in [0.1, 0.15) is 31.2 Å². The van der Waals surface area contributed by atoms with Crippen LogP contribution in [-0.4, -0.2) is 60.3 Å². The van der Waals surface area contributed by atoms with Crippen molar-refractivity contribution >= 4 is 11.6 Å². The van der Waals surface area contributed by atoms with E-state index in [9.17, 15) is 10.2 Å². The second-order valence-electron chi connectivity index (χ2n) is 5.91. The van der Waals surface area contributed by atoms with Gasteiger partial charge in [-0.15, -0.1) is 11.6 Å². The highest BCUT2D eigenvalue weighted by Crippen LogP contribution is 2.28. The van der Waals surface area contributed by atoms with E-state index in [1.165, 1.54) is 7.11 Å². The molecule has 150 valence electrons. The number of alkyl halides is 1. The van der Waals surface area contributed by atoms with Crippen LogP contribution in [0.15, 0.2) is 42.5 Å². The number of methoxy groups -OCH3 is 1. The first-order valence-electron chi connectivity index (χ1n) is 8.64. The molecular formula is C21H23ClO6. The van der Waals surface area contributed by atoms with Crippen molar-refractivity contribution < 1.29 is 29.5 Å². The molecule has 7 heteroatoms. The Bertz CT molecular complexity index is 797. The first-order valence-corrected chi connectivity index (χ1v) is 9.17. The summed E-state index contributed by atoms with van der Waals surface area (Å²) in [6.07, 6.45) is -1.65. The van der Waals surface area contributed by atoms with Gasteiger partial charge < -0.3 is 29.5 Å². The average molecular weight is 407 g/mol. The van der Waals surface area contributed by atoms with Crippen LogP contribution in [-0.2, 0) is 0 Å². The molecule has 0 amide bonds. The molecule has 2 aromatic carbocycles. The fraction of sp³-hybridized carbons (Fsp3) is 0.333. The zero-order valence-corrected chi connectivity index (χ0v) is 16.2. The lowest BCUT2D eigenvalue weighted by atomic mass is 10.1. The molecule has 3 N–H and O–H groups in total. The lowest BCUT2D eigenvalue weighted by molar-refractivity contribution is 0.0536. The Hall–Kier alpha value is -2.43. The number of rotatable bonds is 9. The molecule has 0 aliphatic heterocycles. The minimum atomic E-state index is -0.903. The highest BCUT2D eigenvalue weighted by atomic mass is 35.5. The standard InChI is InChI=1S/C21H23ClO6/c1-26-21-10-16(6-9-20(21)28-13-17(24)11-22)3-2-15-4-7-19(8-5-15)27-14-18(25)12-23/h4-10,17-18,23-25H,11-14H2,1H3/t17-,18-/m1/s1. The van der Waals surface area contributed by atoms with Gasteiger partial charge in [-0.25, -0.2) is 0 Å². The third kappa shape index (κ3) is 6.95. The molecule has 0 heterocycles. The summed E-state index contributed by atoms with van der Waals surface area (Å²) in [5.41, 5.74) is 1.54. The van der Waals surface area contributed by atoms with Gasteiger partial charge in [0.25, 0.3) is 0 Å². The maximum atomic E-state index is 9.49. The molecule has 0 bridgehead atoms. The Balaban J connectivity index is 2.02. The van der Waals surface area contributed by atoms with E-state index in [-0.39, 0.29) is 25.7 Å². The summed E-state index contributed by atoms with van der Waals surface area (Å²) in [5, 5.41) is 27.5. The lowest BCUT2D eigenvalue weighted by Gasteiger charge is -2.13. The topological polar surface area (TPSA) is 88.4 Å². The van der Waals surface area contributed by atoms with E-state index in [2.05, 4.69) is 11.8 Å². The molecule has 0 saturated heterocycles. The Morgan fingerprint density at radius 2 is 1.54 bits per heavy atom. The molecule has 0 aliphatic rings. The monoisotopic (exact) mass is 406 g/mol. The summed E-state index contributed by atoms with van der Waals surface area (Å²) in [4.78, 5) is 0. The molecule has 0 fully saturated rings. The number of hydrogen-bond donors (Lipinski definition) is 3. The summed E-state index contributed by atoms with van der Waals surface area (Å²) in [6, 6.07) is 12.4. The van der Waals surface area contributed by atoms with Gasteiger partial charge in [-0.1, -0.05) is 11.8 Å². The fourth-order valence-corrected chi connectivity index (χ4v) is 2.21. The van der Waals surface area contributed by atoms with Crippen LogP contribution in [0, 0.1) is 11.8 Å². The van der Waals surface area contributed by atoms with Gasteiger partial charge in [0, 0.05) is 11.1 Å². The molecule has 2 atom stereocenters. The first-order chi connectivity index (χ1) is 13.5. The predicted octanol–water partition coefficient (Wildman–Crippen LogP) is 1.81. The molecule has 0 aromatic heterocycles. The molecular weight excluding hydrogens is 384 g/mol. The van der Waals surface area contributed by atoms with E-state index in [0.29, 0.717) is 17.2 Å². The van der Waals surface area contributed by atoms with Crippen LogP contribution in [0.5, 0.6) is 17.2 Å². The van der Waals surface area contributed by atoms with Gasteiger partial charge in [0.05, 0.1) is 19.6 Å². The minimum absolute atomic E-state index is 0.0255. The van der Waals surface area contributed by atoms with Gasteiger partial charge in [0.2, 0.25) is 0 Å². The van der Waals surface area contributed by atoms with Gasteiger partial charge in [0.15, 0.2) is 11.5 Å². The summed E-state index contributed by atoms with van der Waals surface area (Å²) < 4.78 is 16.2. The zero-order valence-electron chi connectivity index (χ0n) is 15.5. The third-order valence-corrected chi connectivity index (χ3v) is 3.99. The fourth-order valence-electron chi connectivity index (χ4n) is 2.12. The molecule has 0 unspecified atom stereocenters. The molecule has 0 spiro atoms. The highest BCUT2D eigenvalue weighted by Gasteiger charge is 2.08. The van der Waals surface area contributed by atoms with E-state index < -0.39 is 12.2 Å². The quantitative estimate of drug-likeness (QED) is 0.435. The Morgan fingerprint density at radius 3 is 2.18 bits per heavy atom. The van der Waals surface area contributed by atoms with E-state index >= 15 is 0 Å². The van der Waals surface area contributed by atoms with E-state index in [1.54, 1.807) is 42.5 Å². The second-order valence-corrected chi connectivity index (χ2v) is 6.22. The summed E-state index contributed by atoms with van der Waals surface area (Å²) in [5.74, 6) is 7.79. The molecule has 0 saturated carbocycles. The minimum Gasteiger partial charge on any atom is -0.493 e. The highest BCUT2D eigenvalue weighted by molar-refractivity contribution is 6.18. The van der Waals surface area contributed by atoms with Crippen molar-refractivity contribution in [3.05, 3.63) is 53.6 Å². The lowest BCUT2D eigenvalue weighted by Crippen LogP contribution is -2.21. The predicted molar refractivity (Wildman–Crippen MR) is 106 cm³/mol. The van der Waals surface area contributed by atoms with Crippen molar-refractivity contribution in [2.24, 2.45) is 0 Å². The molecule has 2 aromatic rings. The van der Waals surface area contributed by atoms with Crippen LogP contribution in [0.4, 0.5) is 0 Å². The first kappa shape index (κ1) is 21.9. The largest absolute Gasteiger partial charge is 0.493 e. The van der Waals surface area contributed by atoms with Gasteiger partial charge in [-0.05, 0) is 42.5 Å². The summed E-state index contributed by atoms with van der Waals surface area (Å²) in [6.45, 7) is -0.240. The van der Waals surface area contributed by atoms with Gasteiger partial charge in [-0.3, -0.25) is 0 Å². The van der Waals surface area contributed by atoms with Crippen molar-refractivity contribution in [2.45, 2.75) is 12.2 Å². The van der Waals surface area contributed by atoms with Gasteiger partial charge >= 0.3 is 0 Å². The SMILES string of the molecule is COc1cc(C#Cc2ccc(OC[C@H](O)CO)cc2)ccc1OC[C@H](O)CCl. The third-order valence-electron chi connectivity index (χ3n) is 3.63. The number of ether oxygens (including phenoxy) is 3. The van der Waals surface area contributed by atoms with E-state index in [1.807, 2.05) is 0 Å². The average Bonchev–Trinajstić information content (AvgIpc) is 2.75. The van der Waals surface area contributed by atoms with Crippen molar-refractivity contribution in [1.82, 2.24) is 0 Å². The maximum Gasteiger partial charge on any atom is 0.161 e. The molecule has 0 aliphatic carbocycles. The number of benzene rings is 2.